The Morgan fingerprint density at radius 2 is 2.14 bits per heavy atom. The molecule has 0 saturated carbocycles. The summed E-state index contributed by atoms with van der Waals surface area (Å²) in [5.41, 5.74) is 7.39. The highest BCUT2D eigenvalue weighted by molar-refractivity contribution is 7.80. The quantitative estimate of drug-likeness (QED) is 0.623. The highest BCUT2D eigenvalue weighted by Gasteiger charge is 2.20. The number of carbonyl (C=O) groups is 1. The number of thiocarbonyl (C=S) groups is 1. The van der Waals surface area contributed by atoms with E-state index < -0.39 is 0 Å². The number of nitrogens with zero attached hydrogens (tertiary/aromatic N) is 3. The molecule has 1 aliphatic heterocycles. The Bertz CT molecular complexity index is 515. The second-order valence-corrected chi connectivity index (χ2v) is 5.33. The first-order valence-electron chi connectivity index (χ1n) is 6.90. The molecule has 0 spiro atoms. The zero-order chi connectivity index (χ0) is 15.2. The third-order valence-electron chi connectivity index (χ3n) is 3.59. The Morgan fingerprint density at radius 1 is 1.43 bits per heavy atom. The predicted molar refractivity (Wildman–Crippen MR) is 85.4 cm³/mol. The number of pyridine rings is 1. The molecular formula is C14H20N4O2S. The maximum Gasteiger partial charge on any atom is 0.306 e. The lowest BCUT2D eigenvalue weighted by atomic mass is 10.2. The molecule has 1 saturated heterocycles. The minimum Gasteiger partial charge on any atom is -0.469 e. The highest BCUT2D eigenvalue weighted by Crippen LogP contribution is 2.20. The third-order valence-corrected chi connectivity index (χ3v) is 3.79. The Balaban J connectivity index is 1.92. The van der Waals surface area contributed by atoms with Crippen molar-refractivity contribution < 1.29 is 9.53 Å². The Labute approximate surface area is 129 Å². The summed E-state index contributed by atoms with van der Waals surface area (Å²) >= 11 is 5.05. The van der Waals surface area contributed by atoms with Crippen molar-refractivity contribution >= 4 is 28.9 Å². The van der Waals surface area contributed by atoms with Crippen LogP contribution >= 0.6 is 12.2 Å². The molecule has 0 aromatic carbocycles. The molecule has 2 N–H and O–H groups in total. The van der Waals surface area contributed by atoms with Crippen molar-refractivity contribution in [1.29, 1.82) is 0 Å². The van der Waals surface area contributed by atoms with E-state index in [1.807, 2.05) is 12.1 Å². The highest BCUT2D eigenvalue weighted by atomic mass is 32.1. The lowest BCUT2D eigenvalue weighted by molar-refractivity contribution is -0.141. The van der Waals surface area contributed by atoms with Gasteiger partial charge < -0.3 is 15.4 Å². The van der Waals surface area contributed by atoms with Crippen molar-refractivity contribution in [2.45, 2.75) is 6.42 Å². The number of methoxy groups -OCH3 is 1. The van der Waals surface area contributed by atoms with Gasteiger partial charge in [0.1, 0.15) is 10.7 Å². The van der Waals surface area contributed by atoms with E-state index in [9.17, 15) is 4.79 Å². The summed E-state index contributed by atoms with van der Waals surface area (Å²) in [5.74, 6) is -0.166. The number of carbonyl (C=O) groups excluding carboxylic acids is 1. The molecule has 7 heteroatoms. The average Bonchev–Trinajstić information content (AvgIpc) is 2.53. The minimum absolute atomic E-state index is 0.166. The number of hydrogen-bond donors (Lipinski definition) is 1. The van der Waals surface area contributed by atoms with Crippen LogP contribution in [-0.4, -0.2) is 60.7 Å². The van der Waals surface area contributed by atoms with Gasteiger partial charge in [0.05, 0.1) is 19.2 Å². The zero-order valence-corrected chi connectivity index (χ0v) is 12.9. The molecule has 1 aromatic rings. The van der Waals surface area contributed by atoms with Crippen LogP contribution in [-0.2, 0) is 9.53 Å². The maximum atomic E-state index is 11.2. The van der Waals surface area contributed by atoms with Crippen LogP contribution < -0.4 is 10.6 Å². The normalized spacial score (nSPS) is 15.8. The molecule has 1 aromatic heterocycles. The van der Waals surface area contributed by atoms with Crippen LogP contribution in [0, 0.1) is 0 Å². The van der Waals surface area contributed by atoms with Crippen LogP contribution in [0.2, 0.25) is 0 Å². The minimum atomic E-state index is -0.166. The van der Waals surface area contributed by atoms with Gasteiger partial charge in [-0.1, -0.05) is 12.2 Å². The summed E-state index contributed by atoms with van der Waals surface area (Å²) in [5, 5.41) is 0. The van der Waals surface area contributed by atoms with E-state index in [0.29, 0.717) is 17.1 Å². The fraction of sp³-hybridized carbons (Fsp3) is 0.500. The first kappa shape index (κ1) is 15.7. The molecule has 1 fully saturated rings. The van der Waals surface area contributed by atoms with Gasteiger partial charge in [-0.25, -0.2) is 0 Å². The fourth-order valence-corrected chi connectivity index (χ4v) is 2.56. The monoisotopic (exact) mass is 308 g/mol. The van der Waals surface area contributed by atoms with Crippen LogP contribution in [0.5, 0.6) is 0 Å². The van der Waals surface area contributed by atoms with Crippen molar-refractivity contribution in [2.24, 2.45) is 5.73 Å². The summed E-state index contributed by atoms with van der Waals surface area (Å²) in [6.07, 6.45) is 2.13. The molecule has 2 heterocycles. The fourth-order valence-electron chi connectivity index (χ4n) is 2.41. The largest absolute Gasteiger partial charge is 0.469 e. The van der Waals surface area contributed by atoms with Gasteiger partial charge in [-0.15, -0.1) is 0 Å². The summed E-state index contributed by atoms with van der Waals surface area (Å²) < 4.78 is 4.66. The molecule has 2 rings (SSSR count). The third kappa shape index (κ3) is 4.12. The van der Waals surface area contributed by atoms with Gasteiger partial charge >= 0.3 is 5.97 Å². The first-order chi connectivity index (χ1) is 10.1. The maximum absolute atomic E-state index is 11.2. The second-order valence-electron chi connectivity index (χ2n) is 4.89. The van der Waals surface area contributed by atoms with Crippen molar-refractivity contribution in [3.05, 3.63) is 24.0 Å². The number of hydrogen-bond acceptors (Lipinski definition) is 6. The van der Waals surface area contributed by atoms with Gasteiger partial charge in [0.25, 0.3) is 0 Å². The molecular weight excluding hydrogens is 288 g/mol. The number of anilines is 1. The van der Waals surface area contributed by atoms with E-state index in [1.54, 1.807) is 6.20 Å². The summed E-state index contributed by atoms with van der Waals surface area (Å²) in [7, 11) is 1.42. The number of esters is 1. The SMILES string of the molecule is COC(=O)CCN1CCN(c2cccnc2C(N)=S)CC1. The molecule has 0 bridgehead atoms. The molecule has 0 amide bonds. The van der Waals surface area contributed by atoms with Crippen LogP contribution in [0.15, 0.2) is 18.3 Å². The lowest BCUT2D eigenvalue weighted by Gasteiger charge is -2.36. The van der Waals surface area contributed by atoms with Gasteiger partial charge in [-0.2, -0.15) is 0 Å². The van der Waals surface area contributed by atoms with Gasteiger partial charge in [0.2, 0.25) is 0 Å². The van der Waals surface area contributed by atoms with Crippen LogP contribution in [0.3, 0.4) is 0 Å². The number of rotatable bonds is 5. The van der Waals surface area contributed by atoms with Gasteiger partial charge in [0, 0.05) is 38.9 Å². The van der Waals surface area contributed by atoms with Gasteiger partial charge in [-0.05, 0) is 12.1 Å². The number of ether oxygens (including phenoxy) is 1. The van der Waals surface area contributed by atoms with E-state index >= 15 is 0 Å². The molecule has 0 aliphatic carbocycles. The predicted octanol–water partition coefficient (Wildman–Crippen LogP) is 0.401. The second kappa shape index (κ2) is 7.33. The van der Waals surface area contributed by atoms with E-state index in [0.717, 1.165) is 38.4 Å². The van der Waals surface area contributed by atoms with Gasteiger partial charge in [0.15, 0.2) is 0 Å². The van der Waals surface area contributed by atoms with Crippen LogP contribution in [0.25, 0.3) is 0 Å². The Kier molecular flexibility index (Phi) is 5.46. The number of piperazine rings is 1. The molecule has 114 valence electrons. The zero-order valence-electron chi connectivity index (χ0n) is 12.1. The van der Waals surface area contributed by atoms with E-state index in [4.69, 9.17) is 18.0 Å². The average molecular weight is 308 g/mol. The molecule has 0 radical (unpaired) electrons. The van der Waals surface area contributed by atoms with E-state index in [-0.39, 0.29) is 5.97 Å². The van der Waals surface area contributed by atoms with E-state index in [1.165, 1.54) is 7.11 Å². The number of aromatic nitrogens is 1. The first-order valence-corrected chi connectivity index (χ1v) is 7.31. The van der Waals surface area contributed by atoms with Crippen molar-refractivity contribution in [1.82, 2.24) is 9.88 Å². The summed E-state index contributed by atoms with van der Waals surface area (Å²) in [6, 6.07) is 3.88. The Morgan fingerprint density at radius 3 is 2.76 bits per heavy atom. The summed E-state index contributed by atoms with van der Waals surface area (Å²) in [4.78, 5) is 20.2. The van der Waals surface area contributed by atoms with Crippen molar-refractivity contribution in [2.75, 3.05) is 44.7 Å². The standard InChI is InChI=1S/C14H20N4O2S/c1-20-12(19)4-6-17-7-9-18(10-8-17)11-3-2-5-16-13(11)14(15)21/h2-3,5H,4,6-10H2,1H3,(H2,15,21). The molecule has 6 nitrogen and oxygen atoms in total. The van der Waals surface area contributed by atoms with Gasteiger partial charge in [-0.3, -0.25) is 14.7 Å². The molecule has 1 aliphatic rings. The summed E-state index contributed by atoms with van der Waals surface area (Å²) in [6.45, 7) is 4.24. The molecule has 0 atom stereocenters. The van der Waals surface area contributed by atoms with Crippen LogP contribution in [0.1, 0.15) is 12.1 Å². The topological polar surface area (TPSA) is 71.7 Å². The molecule has 21 heavy (non-hydrogen) atoms. The van der Waals surface area contributed by atoms with Crippen molar-refractivity contribution in [3.8, 4) is 0 Å². The Hall–Kier alpha value is -1.73. The number of nitrogens with two attached hydrogens (primary N) is 1. The van der Waals surface area contributed by atoms with E-state index in [2.05, 4.69) is 19.5 Å². The van der Waals surface area contributed by atoms with Crippen LogP contribution in [0.4, 0.5) is 5.69 Å². The lowest BCUT2D eigenvalue weighted by Crippen LogP contribution is -2.47. The smallest absolute Gasteiger partial charge is 0.306 e. The molecule has 0 unspecified atom stereocenters. The van der Waals surface area contributed by atoms with Crippen molar-refractivity contribution in [3.63, 3.8) is 0 Å².